The second-order valence-electron chi connectivity index (χ2n) is 10.3. The molecule has 0 nitrogen and oxygen atoms in total. The minimum atomic E-state index is 0. The van der Waals surface area contributed by atoms with Gasteiger partial charge in [0.1, 0.15) is 0 Å². The Morgan fingerprint density at radius 3 is 1.28 bits per heavy atom. The molecular weight excluding hydrogens is 758 g/mol. The number of benzene rings is 4. The second kappa shape index (κ2) is 22.3. The Hall–Kier alpha value is -2.33. The van der Waals surface area contributed by atoms with E-state index in [4.69, 9.17) is 0 Å². The zero-order valence-corrected chi connectivity index (χ0v) is 32.3. The molecule has 2 atom stereocenters. The molecule has 4 aromatic carbocycles. The zero-order chi connectivity index (χ0) is 29.0. The molecule has 0 bridgehead atoms. The van der Waals surface area contributed by atoms with Crippen molar-refractivity contribution in [1.82, 2.24) is 0 Å². The topological polar surface area (TPSA) is 0 Å². The van der Waals surface area contributed by atoms with Gasteiger partial charge in [0.15, 0.2) is 0 Å². The number of halogens is 2. The van der Waals surface area contributed by atoms with Gasteiger partial charge < -0.3 is 24.8 Å². The van der Waals surface area contributed by atoms with Crippen LogP contribution in [0.2, 0.25) is 0 Å². The normalized spacial score (nSPS) is 15.4. The molecule has 228 valence electrons. The van der Waals surface area contributed by atoms with Crippen molar-refractivity contribution in [3.8, 4) is 22.3 Å². The summed E-state index contributed by atoms with van der Waals surface area (Å²) in [5, 5.41) is 0. The number of rotatable bonds is 4. The fourth-order valence-corrected chi connectivity index (χ4v) is 5.85. The average Bonchev–Trinajstić information content (AvgIpc) is 3.88. The molecule has 0 amide bonds. The molecule has 4 heteroatoms. The van der Waals surface area contributed by atoms with Crippen molar-refractivity contribution in [1.29, 1.82) is 0 Å². The number of allylic oxidation sites excluding steroid dienone is 10. The summed E-state index contributed by atoms with van der Waals surface area (Å²) in [6, 6.07) is 36.5. The first-order chi connectivity index (χ1) is 20.8. The Balaban J connectivity index is 0.000000332. The molecule has 0 heterocycles. The van der Waals surface area contributed by atoms with E-state index >= 15 is 0 Å². The predicted octanol–water partition coefficient (Wildman–Crippen LogP) is 4.96. The molecule has 46 heavy (non-hydrogen) atoms. The predicted molar refractivity (Wildman–Crippen MR) is 178 cm³/mol. The largest absolute Gasteiger partial charge is 2.00 e. The first-order valence-electron chi connectivity index (χ1n) is 14.7. The maximum absolute atomic E-state index is 3.86. The Morgan fingerprint density at radius 2 is 0.957 bits per heavy atom. The van der Waals surface area contributed by atoms with Crippen molar-refractivity contribution in [2.24, 2.45) is 0 Å². The first-order valence-corrected chi connectivity index (χ1v) is 14.7. The van der Waals surface area contributed by atoms with Gasteiger partial charge in [0, 0.05) is 0 Å². The molecule has 4 aliphatic carbocycles. The van der Waals surface area contributed by atoms with E-state index in [1.807, 2.05) is 48.6 Å². The van der Waals surface area contributed by atoms with Crippen LogP contribution in [0.5, 0.6) is 0 Å². The van der Waals surface area contributed by atoms with Crippen LogP contribution in [0.1, 0.15) is 59.8 Å². The Morgan fingerprint density at radius 1 is 0.565 bits per heavy atom. The van der Waals surface area contributed by atoms with Crippen molar-refractivity contribution in [3.05, 3.63) is 193 Å². The summed E-state index contributed by atoms with van der Waals surface area (Å²) < 4.78 is 0. The molecule has 0 saturated carbocycles. The number of fused-ring (bicyclic) bond motifs is 6. The van der Waals surface area contributed by atoms with Crippen molar-refractivity contribution < 1.29 is 77.2 Å². The summed E-state index contributed by atoms with van der Waals surface area (Å²) >= 11 is 0. The van der Waals surface area contributed by atoms with Crippen LogP contribution in [0.15, 0.2) is 147 Å². The van der Waals surface area contributed by atoms with Gasteiger partial charge in [0.05, 0.1) is 0 Å². The third-order valence-electron chi connectivity index (χ3n) is 7.70. The molecule has 0 N–H and O–H groups in total. The fourth-order valence-electron chi connectivity index (χ4n) is 5.85. The summed E-state index contributed by atoms with van der Waals surface area (Å²) in [5.41, 5.74) is 10.9. The van der Waals surface area contributed by atoms with Gasteiger partial charge in [0.25, 0.3) is 0 Å². The molecule has 4 aromatic rings. The molecule has 0 radical (unpaired) electrons. The number of hydrogen-bond donors (Lipinski definition) is 0. The maximum atomic E-state index is 3.86. The average molecular weight is 794 g/mol. The third-order valence-corrected chi connectivity index (χ3v) is 7.70. The summed E-state index contributed by atoms with van der Waals surface area (Å²) in [6.45, 7) is 7.71. The summed E-state index contributed by atoms with van der Waals surface area (Å²) in [6.07, 6.45) is 26.0. The second-order valence-corrected chi connectivity index (χ2v) is 10.3. The molecule has 0 spiro atoms. The van der Waals surface area contributed by atoms with E-state index in [0.29, 0.717) is 11.8 Å². The monoisotopic (exact) mass is 790 g/mol. The van der Waals surface area contributed by atoms with E-state index in [1.54, 1.807) is 0 Å². The van der Waals surface area contributed by atoms with Gasteiger partial charge in [-0.15, -0.1) is 48.3 Å². The van der Waals surface area contributed by atoms with Crippen LogP contribution in [-0.4, -0.2) is 0 Å². The quantitative estimate of drug-likeness (QED) is 0.203. The molecule has 0 fully saturated rings. The van der Waals surface area contributed by atoms with Gasteiger partial charge in [0.2, 0.25) is 0 Å². The van der Waals surface area contributed by atoms with E-state index in [-0.39, 0.29) is 77.2 Å². The molecular formula is C42H36Cl2Zr2-2. The van der Waals surface area contributed by atoms with E-state index in [1.165, 1.54) is 44.5 Å². The third kappa shape index (κ3) is 10.3. The Bertz CT molecular complexity index is 1410. The van der Waals surface area contributed by atoms with E-state index in [2.05, 4.69) is 122 Å². The molecule has 0 aliphatic heterocycles. The van der Waals surface area contributed by atoms with Gasteiger partial charge in [-0.3, -0.25) is 12.2 Å². The smallest absolute Gasteiger partial charge is 1.00 e. The molecule has 4 aliphatic rings. The van der Waals surface area contributed by atoms with Crippen LogP contribution in [0.3, 0.4) is 0 Å². The number of hydrogen-bond acceptors (Lipinski definition) is 0. The van der Waals surface area contributed by atoms with Gasteiger partial charge in [-0.05, 0) is 35.8 Å². The summed E-state index contributed by atoms with van der Waals surface area (Å²) in [5.74, 6) is 0.898. The standard InChI is InChI=1S/2C16H13.2C5H5.2ClH.2Zr/c2*1-2-7-12-13-8-3-5-10-15(13)16-11-6-4-9-14(12)16;2*1-2-4-5-3-1;;;;/h2*2-6,8,10-12H,1,7H2;2*1-3H,4H2;2*1H;;/q4*-1;;;2*+2/p-2. The maximum Gasteiger partial charge on any atom is 2.00 e. The minimum absolute atomic E-state index is 0. The van der Waals surface area contributed by atoms with Crippen LogP contribution in [0.4, 0.5) is 0 Å². The van der Waals surface area contributed by atoms with Gasteiger partial charge >= 0.3 is 52.4 Å². The van der Waals surface area contributed by atoms with Crippen molar-refractivity contribution >= 4 is 0 Å². The van der Waals surface area contributed by atoms with E-state index in [0.717, 1.165) is 25.7 Å². The van der Waals surface area contributed by atoms with Crippen LogP contribution in [0, 0.1) is 24.3 Å². The molecule has 2 unspecified atom stereocenters. The summed E-state index contributed by atoms with van der Waals surface area (Å²) in [4.78, 5) is 0. The van der Waals surface area contributed by atoms with Crippen LogP contribution >= 0.6 is 0 Å². The molecule has 8 rings (SSSR count). The summed E-state index contributed by atoms with van der Waals surface area (Å²) in [7, 11) is 0. The first kappa shape index (κ1) is 41.7. The molecule has 0 saturated heterocycles. The Labute approximate surface area is 327 Å². The minimum Gasteiger partial charge on any atom is -1.00 e. The van der Waals surface area contributed by atoms with Crippen LogP contribution in [0.25, 0.3) is 22.3 Å². The van der Waals surface area contributed by atoms with E-state index in [9.17, 15) is 0 Å². The van der Waals surface area contributed by atoms with E-state index < -0.39 is 0 Å². The van der Waals surface area contributed by atoms with Crippen LogP contribution in [-0.2, 0) is 52.4 Å². The fraction of sp³-hybridized carbons (Fsp3) is 0.143. The van der Waals surface area contributed by atoms with Crippen LogP contribution < -0.4 is 24.8 Å². The van der Waals surface area contributed by atoms with Gasteiger partial charge in [-0.25, -0.2) is 24.3 Å². The Kier molecular flexibility index (Phi) is 20.2. The van der Waals surface area contributed by atoms with Crippen molar-refractivity contribution in [3.63, 3.8) is 0 Å². The zero-order valence-electron chi connectivity index (χ0n) is 25.9. The van der Waals surface area contributed by atoms with Crippen molar-refractivity contribution in [2.45, 2.75) is 37.5 Å². The molecule has 0 aromatic heterocycles. The SMILES string of the molecule is C=CCC1c2[c-]cccc2-c2ccccc21.C=CCC1c2[c-]cccc2-c2ccccc21.[C-]1=CC=CC1.[C-]1=CC=CC1.[Cl-].[Cl-].[Zr+2].[Zr+2]. The van der Waals surface area contributed by atoms with Gasteiger partial charge in [-0.2, -0.15) is 60.7 Å². The van der Waals surface area contributed by atoms with Crippen molar-refractivity contribution in [2.75, 3.05) is 0 Å². The van der Waals surface area contributed by atoms with Gasteiger partial charge in [-0.1, -0.05) is 71.8 Å².